The van der Waals surface area contributed by atoms with Gasteiger partial charge in [-0.1, -0.05) is 13.3 Å². The van der Waals surface area contributed by atoms with Crippen LogP contribution in [0, 0.1) is 11.8 Å². The summed E-state index contributed by atoms with van der Waals surface area (Å²) in [5.74, 6) is 1.78. The molecule has 1 aromatic rings. The van der Waals surface area contributed by atoms with E-state index in [4.69, 9.17) is 9.47 Å². The van der Waals surface area contributed by atoms with Crippen LogP contribution in [0.2, 0.25) is 0 Å². The Kier molecular flexibility index (Phi) is 9.65. The Bertz CT molecular complexity index is 475. The van der Waals surface area contributed by atoms with Crippen LogP contribution in [0.5, 0.6) is 0 Å². The molecule has 1 fully saturated rings. The first-order chi connectivity index (χ1) is 12.7. The Labute approximate surface area is 159 Å². The maximum Gasteiger partial charge on any atom is 0.0535 e. The highest BCUT2D eigenvalue weighted by Crippen LogP contribution is 2.40. The van der Waals surface area contributed by atoms with E-state index in [9.17, 15) is 0 Å². The number of nitrogens with zero attached hydrogens (tertiary/aromatic N) is 2. The summed E-state index contributed by atoms with van der Waals surface area (Å²) in [4.78, 5) is 2.41. The van der Waals surface area contributed by atoms with Crippen LogP contribution in [0.3, 0.4) is 0 Å². The predicted molar refractivity (Wildman–Crippen MR) is 106 cm³/mol. The molecule has 0 bridgehead atoms. The van der Waals surface area contributed by atoms with Crippen LogP contribution in [0.4, 0.5) is 0 Å². The molecule has 0 aromatic carbocycles. The summed E-state index contributed by atoms with van der Waals surface area (Å²) >= 11 is 0. The molecular formula is C21H39N3O2. The molecular weight excluding hydrogens is 326 g/mol. The lowest BCUT2D eigenvalue weighted by Crippen LogP contribution is -2.28. The van der Waals surface area contributed by atoms with E-state index in [0.717, 1.165) is 39.5 Å². The first-order valence-corrected chi connectivity index (χ1v) is 10.5. The van der Waals surface area contributed by atoms with Crippen LogP contribution in [0.15, 0.2) is 6.20 Å². The third-order valence-electron chi connectivity index (χ3n) is 5.51. The Balaban J connectivity index is 2.03. The van der Waals surface area contributed by atoms with Crippen LogP contribution in [0.25, 0.3) is 0 Å². The second-order valence-electron chi connectivity index (χ2n) is 7.86. The quantitative estimate of drug-likeness (QED) is 0.603. The monoisotopic (exact) mass is 365 g/mol. The van der Waals surface area contributed by atoms with Crippen molar-refractivity contribution in [2.75, 3.05) is 40.0 Å². The van der Waals surface area contributed by atoms with Crippen LogP contribution >= 0.6 is 0 Å². The Morgan fingerprint density at radius 3 is 2.31 bits per heavy atom. The first-order valence-electron chi connectivity index (χ1n) is 10.5. The van der Waals surface area contributed by atoms with Crippen LogP contribution in [-0.2, 0) is 16.0 Å². The molecule has 1 N–H and O–H groups in total. The summed E-state index contributed by atoms with van der Waals surface area (Å²) in [7, 11) is 2.21. The average molecular weight is 366 g/mol. The van der Waals surface area contributed by atoms with E-state index in [1.165, 1.54) is 43.4 Å². The number of rotatable bonds is 12. The van der Waals surface area contributed by atoms with Gasteiger partial charge in [0, 0.05) is 50.1 Å². The minimum Gasteiger partial charge on any atom is -0.381 e. The second-order valence-corrected chi connectivity index (χ2v) is 7.86. The number of aromatic amines is 1. The lowest BCUT2D eigenvalue weighted by Gasteiger charge is -2.35. The number of hydrogen-bond acceptors (Lipinski definition) is 4. The molecule has 26 heavy (non-hydrogen) atoms. The molecule has 1 saturated carbocycles. The Hall–Kier alpha value is -0.910. The van der Waals surface area contributed by atoms with Crippen molar-refractivity contribution < 1.29 is 9.47 Å². The Morgan fingerprint density at radius 2 is 1.73 bits per heavy atom. The van der Waals surface area contributed by atoms with Gasteiger partial charge in [0.05, 0.1) is 6.20 Å². The molecule has 1 heterocycles. The van der Waals surface area contributed by atoms with Gasteiger partial charge in [0.2, 0.25) is 0 Å². The molecule has 5 nitrogen and oxygen atoms in total. The third-order valence-corrected chi connectivity index (χ3v) is 5.51. The molecule has 1 aromatic heterocycles. The highest BCUT2D eigenvalue weighted by molar-refractivity contribution is 5.21. The van der Waals surface area contributed by atoms with Gasteiger partial charge in [0.1, 0.15) is 0 Å². The predicted octanol–water partition coefficient (Wildman–Crippen LogP) is 4.21. The number of ether oxygens (including phenoxy) is 2. The van der Waals surface area contributed by atoms with E-state index in [-0.39, 0.29) is 0 Å². The number of nitrogens with one attached hydrogen (secondary N) is 1. The fraction of sp³-hybridized carbons (Fsp3) is 0.857. The summed E-state index contributed by atoms with van der Waals surface area (Å²) in [5.41, 5.74) is 2.71. The highest BCUT2D eigenvalue weighted by atomic mass is 16.5. The van der Waals surface area contributed by atoms with Gasteiger partial charge in [-0.25, -0.2) is 0 Å². The number of aromatic nitrogens is 2. The smallest absolute Gasteiger partial charge is 0.0535 e. The molecule has 0 radical (unpaired) electrons. The van der Waals surface area contributed by atoms with Crippen molar-refractivity contribution in [3.8, 4) is 0 Å². The van der Waals surface area contributed by atoms with E-state index in [1.807, 2.05) is 6.20 Å². The van der Waals surface area contributed by atoms with Gasteiger partial charge < -0.3 is 14.4 Å². The Morgan fingerprint density at radius 1 is 1.08 bits per heavy atom. The summed E-state index contributed by atoms with van der Waals surface area (Å²) in [6.45, 7) is 11.9. The summed E-state index contributed by atoms with van der Waals surface area (Å²) < 4.78 is 11.5. The standard InChI is InChI=1S/C21H39N3O2/c1-5-8-9-24(4)14-20-13-22-23-21(20)19-11-17(15-25-6-2)10-18(12-19)16-26-7-3/h13,17-19H,5-12,14-16H2,1-4H3,(H,22,23)/t17-,18+,19?. The zero-order chi connectivity index (χ0) is 18.8. The molecule has 0 saturated heterocycles. The zero-order valence-electron chi connectivity index (χ0n) is 17.3. The molecule has 0 spiro atoms. The molecule has 1 unspecified atom stereocenters. The summed E-state index contributed by atoms with van der Waals surface area (Å²) in [6, 6.07) is 0. The molecule has 2 rings (SSSR count). The van der Waals surface area contributed by atoms with E-state index in [0.29, 0.717) is 17.8 Å². The molecule has 1 aliphatic carbocycles. The molecule has 3 atom stereocenters. The minimum atomic E-state index is 0.539. The molecule has 5 heteroatoms. The van der Waals surface area contributed by atoms with E-state index in [1.54, 1.807) is 0 Å². The lowest BCUT2D eigenvalue weighted by molar-refractivity contribution is 0.0425. The highest BCUT2D eigenvalue weighted by Gasteiger charge is 2.32. The maximum absolute atomic E-state index is 5.76. The van der Waals surface area contributed by atoms with Crippen LogP contribution < -0.4 is 0 Å². The van der Waals surface area contributed by atoms with Crippen LogP contribution in [0.1, 0.15) is 70.1 Å². The molecule has 0 aliphatic heterocycles. The molecule has 0 amide bonds. The van der Waals surface area contributed by atoms with Crippen molar-refractivity contribution in [3.05, 3.63) is 17.5 Å². The van der Waals surface area contributed by atoms with Gasteiger partial charge in [0.25, 0.3) is 0 Å². The SMILES string of the molecule is CCCCN(C)Cc1cn[nH]c1C1C[C@@H](COCC)C[C@@H](COCC)C1. The van der Waals surface area contributed by atoms with Gasteiger partial charge in [-0.2, -0.15) is 5.10 Å². The zero-order valence-corrected chi connectivity index (χ0v) is 17.3. The van der Waals surface area contributed by atoms with E-state index >= 15 is 0 Å². The largest absolute Gasteiger partial charge is 0.381 e. The summed E-state index contributed by atoms with van der Waals surface area (Å²) in [6.07, 6.45) is 8.12. The van der Waals surface area contributed by atoms with Crippen molar-refractivity contribution in [2.45, 2.75) is 65.3 Å². The third kappa shape index (κ3) is 6.67. The van der Waals surface area contributed by atoms with Crippen molar-refractivity contribution >= 4 is 0 Å². The van der Waals surface area contributed by atoms with Gasteiger partial charge in [-0.15, -0.1) is 0 Å². The topological polar surface area (TPSA) is 50.4 Å². The normalized spacial score (nSPS) is 23.7. The van der Waals surface area contributed by atoms with Gasteiger partial charge in [0.15, 0.2) is 0 Å². The first kappa shape index (κ1) is 21.4. The van der Waals surface area contributed by atoms with Gasteiger partial charge in [-0.05, 0) is 65.0 Å². The van der Waals surface area contributed by atoms with Crippen molar-refractivity contribution in [3.63, 3.8) is 0 Å². The number of H-pyrrole nitrogens is 1. The molecule has 150 valence electrons. The molecule has 1 aliphatic rings. The summed E-state index contributed by atoms with van der Waals surface area (Å²) in [5, 5.41) is 7.72. The lowest BCUT2D eigenvalue weighted by atomic mass is 9.74. The average Bonchev–Trinajstić information content (AvgIpc) is 3.10. The van der Waals surface area contributed by atoms with Crippen LogP contribution in [-0.4, -0.2) is 55.1 Å². The maximum atomic E-state index is 5.76. The van der Waals surface area contributed by atoms with E-state index in [2.05, 4.69) is 42.9 Å². The fourth-order valence-corrected chi connectivity index (χ4v) is 4.24. The van der Waals surface area contributed by atoms with Gasteiger partial charge >= 0.3 is 0 Å². The van der Waals surface area contributed by atoms with Crippen molar-refractivity contribution in [1.29, 1.82) is 0 Å². The van der Waals surface area contributed by atoms with Crippen molar-refractivity contribution in [1.82, 2.24) is 15.1 Å². The van der Waals surface area contributed by atoms with E-state index < -0.39 is 0 Å². The number of unbranched alkanes of at least 4 members (excludes halogenated alkanes) is 1. The second kappa shape index (κ2) is 11.7. The minimum absolute atomic E-state index is 0.539. The van der Waals surface area contributed by atoms with Crippen molar-refractivity contribution in [2.24, 2.45) is 11.8 Å². The fourth-order valence-electron chi connectivity index (χ4n) is 4.24. The van der Waals surface area contributed by atoms with Gasteiger partial charge in [-0.3, -0.25) is 5.10 Å². The number of hydrogen-bond donors (Lipinski definition) is 1.